The molecule has 2 aromatic heterocycles. The molecule has 2 fully saturated rings. The van der Waals surface area contributed by atoms with Gasteiger partial charge in [-0.15, -0.1) is 0 Å². The number of anilines is 3. The Morgan fingerprint density at radius 1 is 0.850 bits per heavy atom. The highest BCUT2D eigenvalue weighted by atomic mass is 32.2. The van der Waals surface area contributed by atoms with Crippen LogP contribution in [0.3, 0.4) is 0 Å². The fourth-order valence-electron chi connectivity index (χ4n) is 4.32. The van der Waals surface area contributed by atoms with Crippen LogP contribution in [-0.2, 0) is 19.3 Å². The zero-order valence-corrected chi connectivity index (χ0v) is 22.7. The molecule has 5 rings (SSSR count). The minimum atomic E-state index is -3.86. The van der Waals surface area contributed by atoms with Gasteiger partial charge in [0.15, 0.2) is 14.9 Å². The van der Waals surface area contributed by atoms with Crippen LogP contribution in [0.5, 0.6) is 0 Å². The van der Waals surface area contributed by atoms with Crippen LogP contribution in [0, 0.1) is 0 Å². The number of carbonyl (C=O) groups excluding carboxylic acids is 2. The number of carbonyl (C=O) groups is 2. The van der Waals surface area contributed by atoms with Gasteiger partial charge < -0.3 is 19.3 Å². The molecule has 0 radical (unpaired) electrons. The van der Waals surface area contributed by atoms with Gasteiger partial charge in [0.2, 0.25) is 5.95 Å². The number of urea groups is 1. The van der Waals surface area contributed by atoms with Crippen molar-refractivity contribution in [1.29, 1.82) is 0 Å². The minimum absolute atomic E-state index is 0.0431. The van der Waals surface area contributed by atoms with Crippen LogP contribution in [0.1, 0.15) is 10.4 Å². The monoisotopic (exact) mass is 567 g/mol. The zero-order valence-electron chi connectivity index (χ0n) is 21.9. The first-order valence-electron chi connectivity index (χ1n) is 12.7. The Kier molecular flexibility index (Phi) is 8.19. The number of aromatic nitrogens is 3. The Labute approximate surface area is 231 Å². The second-order valence-electron chi connectivity index (χ2n) is 9.21. The van der Waals surface area contributed by atoms with E-state index in [-0.39, 0.29) is 16.4 Å². The Morgan fingerprint density at radius 2 is 1.50 bits per heavy atom. The molecule has 2 aliphatic heterocycles. The summed E-state index contributed by atoms with van der Waals surface area (Å²) in [7, 11) is -3.86. The standard InChI is InChI=1S/C26H29N7O6S/c1-40(36,37)24-19(7-8-21(28-24)29-26(35)31-23(34)18-5-3-2-4-6-18)20-17-22(32-9-13-38-14-10-32)30-25(27-20)33-11-15-39-16-12-33/h2-8,17H,9-16H2,1H3,(H2,28,29,31,34,35). The van der Waals surface area contributed by atoms with Crippen LogP contribution in [0.4, 0.5) is 22.4 Å². The average molecular weight is 568 g/mol. The predicted octanol–water partition coefficient (Wildman–Crippen LogP) is 1.58. The molecule has 4 heterocycles. The highest BCUT2D eigenvalue weighted by Gasteiger charge is 2.24. The van der Waals surface area contributed by atoms with E-state index in [2.05, 4.69) is 20.5 Å². The topological polar surface area (TPSA) is 156 Å². The van der Waals surface area contributed by atoms with Crippen molar-refractivity contribution in [2.45, 2.75) is 5.03 Å². The van der Waals surface area contributed by atoms with E-state index in [1.807, 2.05) is 4.90 Å². The lowest BCUT2D eigenvalue weighted by Gasteiger charge is -2.31. The third-order valence-electron chi connectivity index (χ3n) is 6.32. The number of morpholine rings is 2. The minimum Gasteiger partial charge on any atom is -0.378 e. The molecule has 13 nitrogen and oxygen atoms in total. The molecule has 0 atom stereocenters. The molecule has 0 saturated carbocycles. The number of nitrogens with zero attached hydrogens (tertiary/aromatic N) is 5. The van der Waals surface area contributed by atoms with E-state index in [1.54, 1.807) is 36.4 Å². The van der Waals surface area contributed by atoms with Crippen LogP contribution in [-0.4, -0.2) is 94.2 Å². The number of pyridine rings is 1. The maximum atomic E-state index is 12.9. The summed E-state index contributed by atoms with van der Waals surface area (Å²) in [5, 5.41) is 4.38. The molecule has 1 aromatic carbocycles. The molecule has 2 saturated heterocycles. The summed E-state index contributed by atoms with van der Waals surface area (Å²) >= 11 is 0. The van der Waals surface area contributed by atoms with Gasteiger partial charge in [0.25, 0.3) is 5.91 Å². The number of hydrogen-bond donors (Lipinski definition) is 2. The number of imide groups is 1. The smallest absolute Gasteiger partial charge is 0.327 e. The summed E-state index contributed by atoms with van der Waals surface area (Å²) in [4.78, 5) is 42.5. The summed E-state index contributed by atoms with van der Waals surface area (Å²) in [6, 6.07) is 12.1. The Morgan fingerprint density at radius 3 is 2.15 bits per heavy atom. The van der Waals surface area contributed by atoms with E-state index >= 15 is 0 Å². The van der Waals surface area contributed by atoms with E-state index in [4.69, 9.17) is 19.4 Å². The molecule has 0 aliphatic carbocycles. The van der Waals surface area contributed by atoms with E-state index in [1.165, 1.54) is 12.1 Å². The molecule has 0 bridgehead atoms. The Hall–Kier alpha value is -4.14. The van der Waals surface area contributed by atoms with Gasteiger partial charge in [0.05, 0.1) is 32.1 Å². The van der Waals surface area contributed by atoms with Gasteiger partial charge in [-0.1, -0.05) is 18.2 Å². The molecule has 3 aromatic rings. The largest absolute Gasteiger partial charge is 0.378 e. The van der Waals surface area contributed by atoms with Gasteiger partial charge >= 0.3 is 6.03 Å². The lowest BCUT2D eigenvalue weighted by Crippen LogP contribution is -2.39. The maximum absolute atomic E-state index is 12.9. The van der Waals surface area contributed by atoms with Gasteiger partial charge in [-0.05, 0) is 24.3 Å². The fraction of sp³-hybridized carbons (Fsp3) is 0.346. The highest BCUT2D eigenvalue weighted by molar-refractivity contribution is 7.90. The summed E-state index contributed by atoms with van der Waals surface area (Å²) in [5.41, 5.74) is 0.940. The van der Waals surface area contributed by atoms with Crippen LogP contribution in [0.15, 0.2) is 53.6 Å². The second-order valence-corrected chi connectivity index (χ2v) is 11.1. The molecule has 2 N–H and O–H groups in total. The number of rotatable bonds is 6. The number of ether oxygens (including phenoxy) is 2. The van der Waals surface area contributed by atoms with Crippen molar-refractivity contribution in [1.82, 2.24) is 20.3 Å². The molecular weight excluding hydrogens is 538 g/mol. The van der Waals surface area contributed by atoms with Gasteiger partial charge in [-0.2, -0.15) is 4.98 Å². The summed E-state index contributed by atoms with van der Waals surface area (Å²) in [6.07, 6.45) is 1.04. The Bertz CT molecular complexity index is 1450. The summed E-state index contributed by atoms with van der Waals surface area (Å²) in [6.45, 7) is 4.64. The lowest BCUT2D eigenvalue weighted by molar-refractivity contribution is 0.0967. The first-order valence-corrected chi connectivity index (χ1v) is 14.6. The van der Waals surface area contributed by atoms with Crippen LogP contribution < -0.4 is 20.4 Å². The molecular formula is C26H29N7O6S. The van der Waals surface area contributed by atoms with Gasteiger partial charge in [-0.25, -0.2) is 23.2 Å². The maximum Gasteiger partial charge on any atom is 0.327 e. The molecule has 2 aliphatic rings. The number of nitrogens with one attached hydrogen (secondary N) is 2. The van der Waals surface area contributed by atoms with E-state index in [0.29, 0.717) is 75.6 Å². The third-order valence-corrected chi connectivity index (χ3v) is 7.34. The van der Waals surface area contributed by atoms with Crippen molar-refractivity contribution in [3.05, 3.63) is 54.1 Å². The van der Waals surface area contributed by atoms with Crippen molar-refractivity contribution in [3.8, 4) is 11.3 Å². The van der Waals surface area contributed by atoms with Crippen LogP contribution >= 0.6 is 0 Å². The summed E-state index contributed by atoms with van der Waals surface area (Å²) < 4.78 is 36.7. The second kappa shape index (κ2) is 11.9. The molecule has 40 heavy (non-hydrogen) atoms. The number of hydrogen-bond acceptors (Lipinski definition) is 11. The van der Waals surface area contributed by atoms with Gasteiger partial charge in [0.1, 0.15) is 11.6 Å². The SMILES string of the molecule is CS(=O)(=O)c1nc(NC(=O)NC(=O)c2ccccc2)ccc1-c1cc(N2CCOCC2)nc(N2CCOCC2)n1. The van der Waals surface area contributed by atoms with E-state index in [9.17, 15) is 18.0 Å². The highest BCUT2D eigenvalue weighted by Crippen LogP contribution is 2.30. The number of amides is 3. The van der Waals surface area contributed by atoms with E-state index < -0.39 is 21.8 Å². The third kappa shape index (κ3) is 6.52. The quantitative estimate of drug-likeness (QED) is 0.446. The van der Waals surface area contributed by atoms with Crippen molar-refractivity contribution in [2.75, 3.05) is 74.0 Å². The Balaban J connectivity index is 1.47. The predicted molar refractivity (Wildman–Crippen MR) is 147 cm³/mol. The fourth-order valence-corrected chi connectivity index (χ4v) is 5.16. The zero-order chi connectivity index (χ0) is 28.1. The van der Waals surface area contributed by atoms with Gasteiger partial charge in [-0.3, -0.25) is 15.4 Å². The average Bonchev–Trinajstić information content (AvgIpc) is 2.98. The normalized spacial score (nSPS) is 15.9. The summed E-state index contributed by atoms with van der Waals surface area (Å²) in [5.74, 6) is 0.460. The number of sulfone groups is 1. The van der Waals surface area contributed by atoms with Crippen molar-refractivity contribution in [2.24, 2.45) is 0 Å². The number of benzene rings is 1. The van der Waals surface area contributed by atoms with Crippen molar-refractivity contribution < 1.29 is 27.5 Å². The van der Waals surface area contributed by atoms with Crippen LogP contribution in [0.2, 0.25) is 0 Å². The molecule has 0 unspecified atom stereocenters. The van der Waals surface area contributed by atoms with Crippen molar-refractivity contribution >= 4 is 39.4 Å². The van der Waals surface area contributed by atoms with Gasteiger partial charge in [0, 0.05) is 49.6 Å². The van der Waals surface area contributed by atoms with Crippen LogP contribution in [0.25, 0.3) is 11.3 Å². The lowest BCUT2D eigenvalue weighted by atomic mass is 10.2. The molecule has 14 heteroatoms. The molecule has 0 spiro atoms. The molecule has 210 valence electrons. The van der Waals surface area contributed by atoms with Crippen molar-refractivity contribution in [3.63, 3.8) is 0 Å². The van der Waals surface area contributed by atoms with E-state index in [0.717, 1.165) is 6.26 Å². The first-order chi connectivity index (χ1) is 19.3. The first kappa shape index (κ1) is 27.4. The molecule has 3 amide bonds.